The van der Waals surface area contributed by atoms with Gasteiger partial charge in [0.1, 0.15) is 11.5 Å². The van der Waals surface area contributed by atoms with Gasteiger partial charge in [-0.3, -0.25) is 9.59 Å². The Bertz CT molecular complexity index is 603. The molecule has 3 rings (SSSR count). The molecule has 4 nitrogen and oxygen atoms in total. The Hall–Kier alpha value is -1.42. The molecule has 1 aromatic rings. The van der Waals surface area contributed by atoms with Crippen LogP contribution in [0.2, 0.25) is 0 Å². The summed E-state index contributed by atoms with van der Waals surface area (Å²) in [6.45, 7) is 1.99. The van der Waals surface area contributed by atoms with Crippen LogP contribution in [0.5, 0.6) is 0 Å². The molecule has 0 aromatic carbocycles. The van der Waals surface area contributed by atoms with Gasteiger partial charge >= 0.3 is 0 Å². The van der Waals surface area contributed by atoms with Crippen molar-refractivity contribution in [2.24, 2.45) is 13.0 Å². The number of aryl methyl sites for hydroxylation is 1. The summed E-state index contributed by atoms with van der Waals surface area (Å²) in [6.07, 6.45) is 5.09. The molecule has 3 atom stereocenters. The maximum Gasteiger partial charge on any atom is 0.247 e. The summed E-state index contributed by atoms with van der Waals surface area (Å²) in [5.41, 5.74) is 1.20. The first kappa shape index (κ1) is 12.6. The summed E-state index contributed by atoms with van der Waals surface area (Å²) in [7, 11) is 1.80. The number of fused-ring (bicyclic) bond motifs is 3. The lowest BCUT2D eigenvalue weighted by molar-refractivity contribution is -0.119. The monoisotopic (exact) mass is 278 g/mol. The molecule has 3 unspecified atom stereocenters. The number of carbonyl (C=O) groups excluding carboxylic acids is 2. The minimum Gasteiger partial charge on any atom is -0.328 e. The van der Waals surface area contributed by atoms with Crippen LogP contribution in [0, 0.1) is 5.92 Å². The third-order valence-corrected chi connectivity index (χ3v) is 4.39. The van der Waals surface area contributed by atoms with Gasteiger partial charge in [-0.2, -0.15) is 0 Å². The molecule has 1 aromatic heterocycles. The second-order valence-corrected chi connectivity index (χ2v) is 5.70. The minimum absolute atomic E-state index is 0.0956. The van der Waals surface area contributed by atoms with E-state index >= 15 is 0 Å². The van der Waals surface area contributed by atoms with Crippen molar-refractivity contribution in [3.63, 3.8) is 0 Å². The number of halogens is 1. The lowest BCUT2D eigenvalue weighted by Crippen LogP contribution is -2.38. The number of imidazole rings is 1. The van der Waals surface area contributed by atoms with Crippen molar-refractivity contribution in [3.05, 3.63) is 29.4 Å². The van der Waals surface area contributed by atoms with Crippen LogP contribution in [-0.4, -0.2) is 26.5 Å². The van der Waals surface area contributed by atoms with Gasteiger partial charge in [-0.1, -0.05) is 19.1 Å². The zero-order chi connectivity index (χ0) is 13.7. The topological polar surface area (TPSA) is 52.0 Å². The predicted octanol–water partition coefficient (Wildman–Crippen LogP) is 2.01. The summed E-state index contributed by atoms with van der Waals surface area (Å²) in [5.74, 6) is -0.328. The fourth-order valence-electron chi connectivity index (χ4n) is 3.06. The zero-order valence-electron chi connectivity index (χ0n) is 10.9. The summed E-state index contributed by atoms with van der Waals surface area (Å²) < 4.78 is 1.76. The normalized spacial score (nSPS) is 29.3. The molecule has 0 bridgehead atoms. The molecular weight excluding hydrogens is 264 g/mol. The van der Waals surface area contributed by atoms with Crippen LogP contribution in [0.1, 0.15) is 41.3 Å². The van der Waals surface area contributed by atoms with E-state index in [2.05, 4.69) is 4.98 Å². The van der Waals surface area contributed by atoms with E-state index in [4.69, 9.17) is 11.6 Å². The maximum atomic E-state index is 12.3. The summed E-state index contributed by atoms with van der Waals surface area (Å²) in [6, 6.07) is 0. The Labute approximate surface area is 116 Å². The highest BCUT2D eigenvalue weighted by Gasteiger charge is 2.45. The van der Waals surface area contributed by atoms with Crippen molar-refractivity contribution >= 4 is 23.2 Å². The number of aromatic nitrogens is 2. The summed E-state index contributed by atoms with van der Waals surface area (Å²) in [5, 5.41) is -0.172. The number of hydrogen-bond acceptors (Lipinski definition) is 3. The van der Waals surface area contributed by atoms with Crippen molar-refractivity contribution in [3.8, 4) is 0 Å². The maximum absolute atomic E-state index is 12.3. The highest BCUT2D eigenvalue weighted by atomic mass is 35.5. The highest BCUT2D eigenvalue weighted by molar-refractivity contribution is 6.45. The highest BCUT2D eigenvalue weighted by Crippen LogP contribution is 2.41. The van der Waals surface area contributed by atoms with E-state index in [1.165, 1.54) is 0 Å². The van der Waals surface area contributed by atoms with E-state index in [-0.39, 0.29) is 23.0 Å². The number of allylic oxidation sites excluding steroid dienone is 2. The van der Waals surface area contributed by atoms with Crippen LogP contribution in [0.4, 0.5) is 0 Å². The predicted molar refractivity (Wildman–Crippen MR) is 71.6 cm³/mol. The number of hydrogen-bond donors (Lipinski definition) is 0. The molecule has 0 spiro atoms. The standard InChI is InChI=1S/C14H15ClN2O2/c1-3-10-16-11-8-5-4-7(15)6-9(8)13(18)14(19)12(11)17(10)2/h4-5,7-9H,3,6H2,1-2H3. The molecule has 0 radical (unpaired) electrons. The van der Waals surface area contributed by atoms with E-state index in [0.29, 0.717) is 12.1 Å². The van der Waals surface area contributed by atoms with E-state index in [1.54, 1.807) is 11.6 Å². The van der Waals surface area contributed by atoms with E-state index < -0.39 is 5.78 Å². The molecule has 2 aliphatic carbocycles. The number of ketones is 2. The number of carbonyl (C=O) groups is 2. The average molecular weight is 279 g/mol. The number of alkyl halides is 1. The second-order valence-electron chi connectivity index (χ2n) is 5.14. The average Bonchev–Trinajstić information content (AvgIpc) is 2.73. The molecule has 2 aliphatic rings. The van der Waals surface area contributed by atoms with Crippen molar-refractivity contribution in [1.82, 2.24) is 9.55 Å². The number of Topliss-reactive ketones (excluding diaryl/α,β-unsaturated/α-hetero) is 2. The Balaban J connectivity index is 2.20. The Morgan fingerprint density at radius 1 is 1.42 bits per heavy atom. The van der Waals surface area contributed by atoms with Crippen molar-refractivity contribution in [2.45, 2.75) is 31.1 Å². The van der Waals surface area contributed by atoms with Crippen molar-refractivity contribution in [2.75, 3.05) is 0 Å². The van der Waals surface area contributed by atoms with Crippen LogP contribution in [0.3, 0.4) is 0 Å². The molecule has 0 saturated heterocycles. The first-order chi connectivity index (χ1) is 9.04. The van der Waals surface area contributed by atoms with Gasteiger partial charge < -0.3 is 4.57 Å². The van der Waals surface area contributed by atoms with E-state index in [0.717, 1.165) is 17.9 Å². The Kier molecular flexibility index (Phi) is 2.86. The van der Waals surface area contributed by atoms with Gasteiger partial charge in [-0.25, -0.2) is 4.98 Å². The summed E-state index contributed by atoms with van der Waals surface area (Å²) in [4.78, 5) is 29.0. The Morgan fingerprint density at radius 3 is 2.84 bits per heavy atom. The van der Waals surface area contributed by atoms with E-state index in [9.17, 15) is 9.59 Å². The van der Waals surface area contributed by atoms with Crippen molar-refractivity contribution < 1.29 is 9.59 Å². The van der Waals surface area contributed by atoms with Crippen molar-refractivity contribution in [1.29, 1.82) is 0 Å². The number of rotatable bonds is 1. The smallest absolute Gasteiger partial charge is 0.247 e. The second kappa shape index (κ2) is 4.30. The van der Waals surface area contributed by atoms with Gasteiger partial charge in [0.2, 0.25) is 11.6 Å². The zero-order valence-corrected chi connectivity index (χ0v) is 11.6. The fraction of sp³-hybridized carbons (Fsp3) is 0.500. The number of nitrogens with zero attached hydrogens (tertiary/aromatic N) is 2. The van der Waals surface area contributed by atoms with Gasteiger partial charge in [-0.05, 0) is 6.42 Å². The first-order valence-electron chi connectivity index (χ1n) is 6.51. The third-order valence-electron chi connectivity index (χ3n) is 4.06. The fourth-order valence-corrected chi connectivity index (χ4v) is 3.34. The van der Waals surface area contributed by atoms with Gasteiger partial charge in [0.05, 0.1) is 11.1 Å². The van der Waals surface area contributed by atoms with Crippen LogP contribution >= 0.6 is 11.6 Å². The van der Waals surface area contributed by atoms with Gasteiger partial charge in [0.15, 0.2) is 0 Å². The summed E-state index contributed by atoms with van der Waals surface area (Å²) >= 11 is 6.06. The minimum atomic E-state index is -0.412. The quantitative estimate of drug-likeness (QED) is 0.449. The molecule has 100 valence electrons. The first-order valence-corrected chi connectivity index (χ1v) is 6.94. The molecule has 5 heteroatoms. The molecule has 1 heterocycles. The van der Waals surface area contributed by atoms with Gasteiger partial charge in [-0.15, -0.1) is 11.6 Å². The van der Waals surface area contributed by atoms with Crippen LogP contribution in [0.25, 0.3) is 0 Å². The SMILES string of the molecule is CCc1nc2c(n1C)C(=O)C(=O)C1CC(Cl)C=CC21. The Morgan fingerprint density at radius 2 is 2.16 bits per heavy atom. The van der Waals surface area contributed by atoms with Gasteiger partial charge in [0.25, 0.3) is 0 Å². The third kappa shape index (κ3) is 1.70. The lowest BCUT2D eigenvalue weighted by atomic mass is 9.73. The molecule has 0 N–H and O–H groups in total. The molecule has 0 amide bonds. The molecule has 0 aliphatic heterocycles. The van der Waals surface area contributed by atoms with Crippen LogP contribution in [0.15, 0.2) is 12.2 Å². The largest absolute Gasteiger partial charge is 0.328 e. The molecule has 0 saturated carbocycles. The molecular formula is C14H15ClN2O2. The van der Waals surface area contributed by atoms with E-state index in [1.807, 2.05) is 19.1 Å². The van der Waals surface area contributed by atoms with Gasteiger partial charge in [0, 0.05) is 25.3 Å². The molecule has 19 heavy (non-hydrogen) atoms. The lowest BCUT2D eigenvalue weighted by Gasteiger charge is -2.31. The molecule has 0 fully saturated rings. The van der Waals surface area contributed by atoms with Crippen LogP contribution < -0.4 is 0 Å². The van der Waals surface area contributed by atoms with Crippen LogP contribution in [-0.2, 0) is 18.3 Å².